The van der Waals surface area contributed by atoms with Crippen LogP contribution >= 0.6 is 0 Å². The molecule has 0 spiro atoms. The van der Waals surface area contributed by atoms with Gasteiger partial charge in [0.05, 0.1) is 12.0 Å². The van der Waals surface area contributed by atoms with Gasteiger partial charge in [-0.2, -0.15) is 0 Å². The van der Waals surface area contributed by atoms with Crippen molar-refractivity contribution in [3.63, 3.8) is 0 Å². The number of hydrogen-bond acceptors (Lipinski definition) is 4. The number of carbonyl (C=O) groups excluding carboxylic acids is 3. The van der Waals surface area contributed by atoms with Crippen molar-refractivity contribution in [3.8, 4) is 0 Å². The zero-order valence-corrected chi connectivity index (χ0v) is 18.3. The molecule has 164 valence electrons. The SMILES string of the molecule is CC[C@@H](C)c1ccccc1N1C[C@@H](C(=O)OCC(=O)N[C@@H](C)c2ccccc2)CC1=O. The van der Waals surface area contributed by atoms with Crippen molar-refractivity contribution in [2.24, 2.45) is 5.92 Å². The van der Waals surface area contributed by atoms with Crippen LogP contribution in [0.25, 0.3) is 0 Å². The molecule has 2 amide bonds. The predicted octanol–water partition coefficient (Wildman–Crippen LogP) is 3.97. The first-order valence-electron chi connectivity index (χ1n) is 10.8. The number of esters is 1. The van der Waals surface area contributed by atoms with E-state index in [1.807, 2.05) is 61.5 Å². The number of benzene rings is 2. The van der Waals surface area contributed by atoms with Crippen molar-refractivity contribution in [2.75, 3.05) is 18.1 Å². The number of ether oxygens (including phenoxy) is 1. The van der Waals surface area contributed by atoms with Crippen LogP contribution in [0.2, 0.25) is 0 Å². The molecule has 1 aliphatic heterocycles. The number of nitrogens with one attached hydrogen (secondary N) is 1. The lowest BCUT2D eigenvalue weighted by atomic mass is 9.96. The molecule has 0 unspecified atom stereocenters. The molecule has 2 aromatic rings. The molecule has 3 rings (SSSR count). The topological polar surface area (TPSA) is 75.7 Å². The van der Waals surface area contributed by atoms with Gasteiger partial charge < -0.3 is 15.0 Å². The first-order chi connectivity index (χ1) is 14.9. The maximum atomic E-state index is 12.6. The van der Waals surface area contributed by atoms with Crippen molar-refractivity contribution in [3.05, 3.63) is 65.7 Å². The minimum atomic E-state index is -0.572. The summed E-state index contributed by atoms with van der Waals surface area (Å²) in [7, 11) is 0. The fourth-order valence-electron chi connectivity index (χ4n) is 3.83. The summed E-state index contributed by atoms with van der Waals surface area (Å²) >= 11 is 0. The average molecular weight is 423 g/mol. The second-order valence-corrected chi connectivity index (χ2v) is 8.08. The lowest BCUT2D eigenvalue weighted by molar-refractivity contribution is -0.152. The summed E-state index contributed by atoms with van der Waals surface area (Å²) in [4.78, 5) is 39.0. The smallest absolute Gasteiger partial charge is 0.311 e. The van der Waals surface area contributed by atoms with Gasteiger partial charge in [-0.1, -0.05) is 62.4 Å². The highest BCUT2D eigenvalue weighted by Gasteiger charge is 2.37. The predicted molar refractivity (Wildman–Crippen MR) is 120 cm³/mol. The van der Waals surface area contributed by atoms with Gasteiger partial charge in [0, 0.05) is 18.7 Å². The summed E-state index contributed by atoms with van der Waals surface area (Å²) in [5.41, 5.74) is 2.92. The minimum absolute atomic E-state index is 0.0930. The second kappa shape index (κ2) is 10.2. The second-order valence-electron chi connectivity index (χ2n) is 8.08. The third-order valence-corrected chi connectivity index (χ3v) is 5.85. The number of nitrogens with zero attached hydrogens (tertiary/aromatic N) is 1. The van der Waals surface area contributed by atoms with Gasteiger partial charge in [-0.25, -0.2) is 0 Å². The van der Waals surface area contributed by atoms with E-state index in [9.17, 15) is 14.4 Å². The zero-order chi connectivity index (χ0) is 22.4. The molecule has 0 saturated carbocycles. The quantitative estimate of drug-likeness (QED) is 0.653. The number of anilines is 1. The Balaban J connectivity index is 1.56. The van der Waals surface area contributed by atoms with E-state index < -0.39 is 11.9 Å². The van der Waals surface area contributed by atoms with Crippen LogP contribution in [0.3, 0.4) is 0 Å². The Morgan fingerprint density at radius 3 is 2.48 bits per heavy atom. The molecular weight excluding hydrogens is 392 g/mol. The lowest BCUT2D eigenvalue weighted by Gasteiger charge is -2.23. The lowest BCUT2D eigenvalue weighted by Crippen LogP contribution is -2.33. The van der Waals surface area contributed by atoms with E-state index in [4.69, 9.17) is 4.74 Å². The Kier molecular flexibility index (Phi) is 7.45. The van der Waals surface area contributed by atoms with Gasteiger partial charge in [0.2, 0.25) is 5.91 Å². The number of carbonyl (C=O) groups is 3. The summed E-state index contributed by atoms with van der Waals surface area (Å²) < 4.78 is 5.23. The average Bonchev–Trinajstić information content (AvgIpc) is 3.19. The molecule has 1 saturated heterocycles. The van der Waals surface area contributed by atoms with E-state index in [1.54, 1.807) is 4.90 Å². The molecule has 1 N–H and O–H groups in total. The highest BCUT2D eigenvalue weighted by atomic mass is 16.5. The van der Waals surface area contributed by atoms with Crippen LogP contribution in [-0.4, -0.2) is 30.9 Å². The third kappa shape index (κ3) is 5.51. The first kappa shape index (κ1) is 22.5. The molecule has 1 aliphatic rings. The van der Waals surface area contributed by atoms with Crippen LogP contribution in [0.15, 0.2) is 54.6 Å². The van der Waals surface area contributed by atoms with E-state index in [0.29, 0.717) is 5.92 Å². The van der Waals surface area contributed by atoms with Gasteiger partial charge in [-0.15, -0.1) is 0 Å². The van der Waals surface area contributed by atoms with E-state index in [2.05, 4.69) is 19.2 Å². The van der Waals surface area contributed by atoms with Gasteiger partial charge in [0.1, 0.15) is 0 Å². The van der Waals surface area contributed by atoms with Crippen LogP contribution in [0.5, 0.6) is 0 Å². The zero-order valence-electron chi connectivity index (χ0n) is 18.3. The largest absolute Gasteiger partial charge is 0.455 e. The molecule has 0 bridgehead atoms. The van der Waals surface area contributed by atoms with Gasteiger partial charge in [0.15, 0.2) is 6.61 Å². The fraction of sp³-hybridized carbons (Fsp3) is 0.400. The molecule has 6 nitrogen and oxygen atoms in total. The van der Waals surface area contributed by atoms with Crippen molar-refractivity contribution in [1.82, 2.24) is 5.32 Å². The molecular formula is C25H30N2O4. The molecule has 0 aromatic heterocycles. The van der Waals surface area contributed by atoms with Crippen molar-refractivity contribution >= 4 is 23.5 Å². The van der Waals surface area contributed by atoms with Crippen LogP contribution in [0.1, 0.15) is 56.7 Å². The molecule has 3 atom stereocenters. The van der Waals surface area contributed by atoms with E-state index in [-0.39, 0.29) is 37.4 Å². The number of rotatable bonds is 8. The minimum Gasteiger partial charge on any atom is -0.455 e. The summed E-state index contributed by atoms with van der Waals surface area (Å²) in [5, 5.41) is 2.82. The Bertz CT molecular complexity index is 928. The van der Waals surface area contributed by atoms with Crippen molar-refractivity contribution in [2.45, 2.75) is 45.6 Å². The molecule has 1 fully saturated rings. The van der Waals surface area contributed by atoms with Crippen molar-refractivity contribution < 1.29 is 19.1 Å². The van der Waals surface area contributed by atoms with Gasteiger partial charge in [0.25, 0.3) is 5.91 Å². The molecule has 0 radical (unpaired) electrons. The standard InChI is InChI=1S/C25H30N2O4/c1-4-17(2)21-12-8-9-13-22(21)27-15-20(14-24(27)29)25(30)31-16-23(28)26-18(3)19-10-6-5-7-11-19/h5-13,17-18,20H,4,14-16H2,1-3H3,(H,26,28)/t17-,18+,20+/m1/s1. The normalized spacial score (nSPS) is 17.8. The summed E-state index contributed by atoms with van der Waals surface area (Å²) in [6.45, 7) is 6.02. The number of hydrogen-bond donors (Lipinski definition) is 1. The van der Waals surface area contributed by atoms with E-state index in [1.165, 1.54) is 0 Å². The van der Waals surface area contributed by atoms with Gasteiger partial charge in [-0.3, -0.25) is 14.4 Å². The molecule has 2 aromatic carbocycles. The highest BCUT2D eigenvalue weighted by Crippen LogP contribution is 2.33. The molecule has 1 heterocycles. The maximum Gasteiger partial charge on any atom is 0.311 e. The third-order valence-electron chi connectivity index (χ3n) is 5.85. The molecule has 6 heteroatoms. The van der Waals surface area contributed by atoms with Gasteiger partial charge in [-0.05, 0) is 36.5 Å². The van der Waals surface area contributed by atoms with Gasteiger partial charge >= 0.3 is 5.97 Å². The van der Waals surface area contributed by atoms with Crippen LogP contribution in [0, 0.1) is 5.92 Å². The highest BCUT2D eigenvalue weighted by molar-refractivity contribution is 6.00. The Hall–Kier alpha value is -3.15. The monoisotopic (exact) mass is 422 g/mol. The number of amides is 2. The van der Waals surface area contributed by atoms with Crippen LogP contribution in [0.4, 0.5) is 5.69 Å². The summed E-state index contributed by atoms with van der Waals surface area (Å²) in [5.74, 6) is -1.24. The Labute approximate surface area is 183 Å². The van der Waals surface area contributed by atoms with E-state index >= 15 is 0 Å². The van der Waals surface area contributed by atoms with Crippen LogP contribution in [-0.2, 0) is 19.1 Å². The first-order valence-corrected chi connectivity index (χ1v) is 10.8. The summed E-state index contributed by atoms with van der Waals surface area (Å²) in [6.07, 6.45) is 1.05. The van der Waals surface area contributed by atoms with Crippen LogP contribution < -0.4 is 10.2 Å². The molecule has 0 aliphatic carbocycles. The van der Waals surface area contributed by atoms with Crippen molar-refractivity contribution in [1.29, 1.82) is 0 Å². The maximum absolute atomic E-state index is 12.6. The van der Waals surface area contributed by atoms with E-state index in [0.717, 1.165) is 23.2 Å². The fourth-order valence-corrected chi connectivity index (χ4v) is 3.83. The Morgan fingerprint density at radius 2 is 1.77 bits per heavy atom. The molecule has 31 heavy (non-hydrogen) atoms. The Morgan fingerprint density at radius 1 is 1.10 bits per heavy atom. The summed E-state index contributed by atoms with van der Waals surface area (Å²) in [6, 6.07) is 17.2. The number of para-hydroxylation sites is 1.